The maximum Gasteiger partial charge on any atom is 0.308 e. The smallest absolute Gasteiger partial charge is 0.308 e. The van der Waals surface area contributed by atoms with E-state index in [0.29, 0.717) is 25.2 Å². The molecular weight excluding hydrogens is 340 g/mol. The van der Waals surface area contributed by atoms with Crippen LogP contribution in [0, 0.1) is 11.8 Å². The number of hydrogen-bond donors (Lipinski definition) is 2. The van der Waals surface area contributed by atoms with E-state index in [1.165, 1.54) is 24.0 Å². The third-order valence-electron chi connectivity index (χ3n) is 4.61. The summed E-state index contributed by atoms with van der Waals surface area (Å²) in [4.78, 5) is 11.5. The van der Waals surface area contributed by atoms with E-state index in [1.54, 1.807) is 0 Å². The third kappa shape index (κ3) is 8.87. The first kappa shape index (κ1) is 21.9. The molecule has 1 atom stereocenters. The fourth-order valence-corrected chi connectivity index (χ4v) is 2.81. The Balaban J connectivity index is 1.76. The highest BCUT2D eigenvalue weighted by molar-refractivity contribution is 5.71. The van der Waals surface area contributed by atoms with E-state index in [-0.39, 0.29) is 18.1 Å². The summed E-state index contributed by atoms with van der Waals surface area (Å²) in [6, 6.07) is 0.477. The van der Waals surface area contributed by atoms with Crippen LogP contribution in [0.3, 0.4) is 0 Å². The third-order valence-corrected chi connectivity index (χ3v) is 4.61. The summed E-state index contributed by atoms with van der Waals surface area (Å²) in [5.74, 6) is 0.314. The molecule has 2 N–H and O–H groups in total. The topological polar surface area (TPSA) is 59.6 Å². The average Bonchev–Trinajstić information content (AvgIpc) is 3.46. The lowest BCUT2D eigenvalue weighted by atomic mass is 10.1. The molecule has 0 aromatic rings. The lowest BCUT2D eigenvalue weighted by Gasteiger charge is -2.20. The minimum Gasteiger partial charge on any atom is -0.463 e. The lowest BCUT2D eigenvalue weighted by Crippen LogP contribution is -2.36. The van der Waals surface area contributed by atoms with Crippen molar-refractivity contribution in [2.24, 2.45) is 11.8 Å². The van der Waals surface area contributed by atoms with Gasteiger partial charge in [0.05, 0.1) is 12.5 Å². The van der Waals surface area contributed by atoms with Crippen molar-refractivity contribution in [1.82, 2.24) is 10.6 Å². The summed E-state index contributed by atoms with van der Waals surface area (Å²) in [5.41, 5.74) is 2.67. The van der Waals surface area contributed by atoms with Crippen molar-refractivity contribution in [2.45, 2.75) is 59.2 Å². The number of rotatable bonds is 12. The Morgan fingerprint density at radius 3 is 2.59 bits per heavy atom. The van der Waals surface area contributed by atoms with E-state index < -0.39 is 0 Å². The highest BCUT2D eigenvalue weighted by Crippen LogP contribution is 2.33. The molecule has 0 aromatic carbocycles. The summed E-state index contributed by atoms with van der Waals surface area (Å²) >= 11 is 0. The Morgan fingerprint density at radius 1 is 1.15 bits per heavy atom. The van der Waals surface area contributed by atoms with Crippen LogP contribution in [-0.4, -0.2) is 44.5 Å². The van der Waals surface area contributed by atoms with Crippen LogP contribution < -0.4 is 10.6 Å². The highest BCUT2D eigenvalue weighted by Gasteiger charge is 2.31. The first-order valence-corrected chi connectivity index (χ1v) is 10.3. The van der Waals surface area contributed by atoms with E-state index in [9.17, 15) is 4.79 Å². The van der Waals surface area contributed by atoms with Crippen molar-refractivity contribution in [3.05, 3.63) is 35.5 Å². The molecule has 0 heterocycles. The summed E-state index contributed by atoms with van der Waals surface area (Å²) in [5, 5.41) is 7.04. The fourth-order valence-electron chi connectivity index (χ4n) is 2.81. The van der Waals surface area contributed by atoms with Gasteiger partial charge in [-0.15, -0.1) is 0 Å². The van der Waals surface area contributed by atoms with Crippen molar-refractivity contribution in [1.29, 1.82) is 0 Å². The van der Waals surface area contributed by atoms with E-state index in [0.717, 1.165) is 19.5 Å². The Morgan fingerprint density at radius 2 is 1.93 bits per heavy atom. The van der Waals surface area contributed by atoms with Crippen LogP contribution in [0.4, 0.5) is 0 Å². The average molecular weight is 377 g/mol. The molecular formula is C22H36N2O3. The number of carbonyl (C=O) groups excluding carboxylic acids is 1. The van der Waals surface area contributed by atoms with Gasteiger partial charge in [-0.1, -0.05) is 57.6 Å². The number of nitrogens with one attached hydrogen (secondary N) is 2. The first-order valence-electron chi connectivity index (χ1n) is 10.3. The summed E-state index contributed by atoms with van der Waals surface area (Å²) < 4.78 is 11.2. The molecule has 2 aliphatic carbocycles. The molecule has 0 saturated heterocycles. The van der Waals surface area contributed by atoms with E-state index in [1.807, 2.05) is 13.8 Å². The summed E-state index contributed by atoms with van der Waals surface area (Å²) in [7, 11) is 0. The quantitative estimate of drug-likeness (QED) is 0.311. The lowest BCUT2D eigenvalue weighted by molar-refractivity contribution is -0.149. The highest BCUT2D eigenvalue weighted by atomic mass is 16.6. The number of esters is 1. The van der Waals surface area contributed by atoms with Crippen LogP contribution in [0.15, 0.2) is 35.5 Å². The normalized spacial score (nSPS) is 18.3. The van der Waals surface area contributed by atoms with Crippen molar-refractivity contribution in [2.75, 3.05) is 26.3 Å². The number of ether oxygens (including phenoxy) is 2. The number of carbonyl (C=O) groups is 1. The molecule has 1 fully saturated rings. The van der Waals surface area contributed by atoms with Gasteiger partial charge in [0.1, 0.15) is 12.8 Å². The summed E-state index contributed by atoms with van der Waals surface area (Å²) in [6.45, 7) is 10.5. The van der Waals surface area contributed by atoms with Gasteiger partial charge in [-0.25, -0.2) is 0 Å². The minimum atomic E-state index is -0.167. The molecule has 0 aromatic heterocycles. The summed E-state index contributed by atoms with van der Waals surface area (Å²) in [6.07, 6.45) is 12.2. The molecule has 1 unspecified atom stereocenters. The minimum absolute atomic E-state index is 0.0390. The van der Waals surface area contributed by atoms with E-state index in [4.69, 9.17) is 9.47 Å². The van der Waals surface area contributed by atoms with Gasteiger partial charge in [-0.05, 0) is 30.8 Å². The van der Waals surface area contributed by atoms with Crippen LogP contribution >= 0.6 is 0 Å². The fraction of sp³-hybridized carbons (Fsp3) is 0.682. The monoisotopic (exact) mass is 376 g/mol. The molecule has 27 heavy (non-hydrogen) atoms. The molecule has 0 spiro atoms. The van der Waals surface area contributed by atoms with Crippen LogP contribution in [-0.2, 0) is 14.3 Å². The number of hydrogen-bond acceptors (Lipinski definition) is 5. The second-order valence-corrected chi connectivity index (χ2v) is 8.04. The van der Waals surface area contributed by atoms with Crippen molar-refractivity contribution < 1.29 is 14.3 Å². The Bertz CT molecular complexity index is 560. The largest absolute Gasteiger partial charge is 0.463 e. The van der Waals surface area contributed by atoms with Gasteiger partial charge in [-0.3, -0.25) is 10.1 Å². The zero-order valence-electron chi connectivity index (χ0n) is 17.3. The van der Waals surface area contributed by atoms with Crippen molar-refractivity contribution >= 4 is 5.97 Å². The molecule has 2 aliphatic rings. The standard InChI is InChI=1S/C22H36N2O3/c1-16(2)22(25)27-12-11-26-21(20-9-10-20)24-15-19-8-6-5-7-18(13-19)14-23-17(3)4/h5-7,13,16-17,20-21,23-24H,8-12,14-15H2,1-4H3. The molecule has 0 amide bonds. The second kappa shape index (κ2) is 11.4. The van der Waals surface area contributed by atoms with Gasteiger partial charge < -0.3 is 14.8 Å². The van der Waals surface area contributed by atoms with E-state index >= 15 is 0 Å². The molecule has 0 aliphatic heterocycles. The van der Waals surface area contributed by atoms with Gasteiger partial charge in [0.15, 0.2) is 0 Å². The van der Waals surface area contributed by atoms with Gasteiger partial charge in [-0.2, -0.15) is 0 Å². The maximum absolute atomic E-state index is 11.5. The van der Waals surface area contributed by atoms with Gasteiger partial charge in [0.25, 0.3) is 0 Å². The van der Waals surface area contributed by atoms with Crippen LogP contribution in [0.1, 0.15) is 47.0 Å². The zero-order chi connectivity index (χ0) is 19.6. The number of allylic oxidation sites excluding steroid dienone is 3. The Hall–Kier alpha value is -1.43. The van der Waals surface area contributed by atoms with Crippen LogP contribution in [0.2, 0.25) is 0 Å². The van der Waals surface area contributed by atoms with E-state index in [2.05, 4.69) is 48.8 Å². The molecule has 5 nitrogen and oxygen atoms in total. The van der Waals surface area contributed by atoms with Gasteiger partial charge >= 0.3 is 5.97 Å². The Labute approximate surface area is 164 Å². The van der Waals surface area contributed by atoms with Gasteiger partial charge in [0, 0.05) is 19.1 Å². The molecule has 1 saturated carbocycles. The predicted octanol–water partition coefficient (Wildman–Crippen LogP) is 3.34. The van der Waals surface area contributed by atoms with Crippen LogP contribution in [0.25, 0.3) is 0 Å². The zero-order valence-corrected chi connectivity index (χ0v) is 17.3. The molecule has 2 rings (SSSR count). The van der Waals surface area contributed by atoms with Crippen molar-refractivity contribution in [3.63, 3.8) is 0 Å². The van der Waals surface area contributed by atoms with Crippen LogP contribution in [0.5, 0.6) is 0 Å². The molecule has 152 valence electrons. The van der Waals surface area contributed by atoms with Gasteiger partial charge in [0.2, 0.25) is 0 Å². The molecule has 0 radical (unpaired) electrons. The molecule has 0 bridgehead atoms. The second-order valence-electron chi connectivity index (χ2n) is 8.04. The Kier molecular flexibility index (Phi) is 9.25. The predicted molar refractivity (Wildman–Crippen MR) is 109 cm³/mol. The maximum atomic E-state index is 11.5. The SMILES string of the molecule is CC(C)NCC1=CC=CCC(CNC(OCCOC(=O)C(C)C)C2CC2)=C1. The molecule has 5 heteroatoms. The first-order chi connectivity index (χ1) is 13.0. The van der Waals surface area contributed by atoms with Crippen molar-refractivity contribution in [3.8, 4) is 0 Å².